The highest BCUT2D eigenvalue weighted by atomic mass is 19.1. The van der Waals surface area contributed by atoms with Gasteiger partial charge in [-0.1, -0.05) is 29.8 Å². The minimum absolute atomic E-state index is 0.156. The lowest BCUT2D eigenvalue weighted by atomic mass is 9.94. The Labute approximate surface area is 182 Å². The van der Waals surface area contributed by atoms with Gasteiger partial charge in [0.1, 0.15) is 11.6 Å². The lowest BCUT2D eigenvalue weighted by Gasteiger charge is -2.25. The summed E-state index contributed by atoms with van der Waals surface area (Å²) in [5.74, 6) is -2.68. The van der Waals surface area contributed by atoms with E-state index in [4.69, 9.17) is 0 Å². The van der Waals surface area contributed by atoms with Crippen molar-refractivity contribution in [1.29, 1.82) is 0 Å². The molecule has 3 aromatic carbocycles. The molecule has 1 heterocycles. The fourth-order valence-electron chi connectivity index (χ4n) is 3.66. The standard InChI is InChI=1S/C24H17FN2O5/c1-14-2-4-16(5-3-14)22(28)20-21(15-6-10-19(11-7-15)27(31)32)26(24(30)23(20)29)18-12-8-17(25)9-13-18/h2-13,21,28H,1H3/b22-20+/t21-/m1/s1. The van der Waals surface area contributed by atoms with Crippen LogP contribution in [-0.4, -0.2) is 21.7 Å². The SMILES string of the molecule is Cc1ccc(/C(O)=C2\C(=O)C(=O)N(c3ccc(F)cc3)[C@@H]2c2ccc([N+](=O)[O-])cc2)cc1. The molecule has 1 aliphatic heterocycles. The van der Waals surface area contributed by atoms with Crippen LogP contribution in [0.2, 0.25) is 0 Å². The van der Waals surface area contributed by atoms with Crippen molar-refractivity contribution in [2.24, 2.45) is 0 Å². The van der Waals surface area contributed by atoms with Crippen LogP contribution in [0.4, 0.5) is 15.8 Å². The van der Waals surface area contributed by atoms with Crippen molar-refractivity contribution in [1.82, 2.24) is 0 Å². The van der Waals surface area contributed by atoms with Crippen molar-refractivity contribution in [2.75, 3.05) is 4.90 Å². The van der Waals surface area contributed by atoms with E-state index in [9.17, 15) is 29.2 Å². The monoisotopic (exact) mass is 432 g/mol. The minimum Gasteiger partial charge on any atom is -0.507 e. The van der Waals surface area contributed by atoms with E-state index >= 15 is 0 Å². The van der Waals surface area contributed by atoms with Gasteiger partial charge in [-0.15, -0.1) is 0 Å². The normalized spacial score (nSPS) is 17.6. The maximum absolute atomic E-state index is 13.5. The molecule has 0 bridgehead atoms. The van der Waals surface area contributed by atoms with Crippen molar-refractivity contribution in [2.45, 2.75) is 13.0 Å². The third-order valence-electron chi connectivity index (χ3n) is 5.29. The molecule has 0 radical (unpaired) electrons. The van der Waals surface area contributed by atoms with E-state index < -0.39 is 28.5 Å². The topological polar surface area (TPSA) is 101 Å². The Morgan fingerprint density at radius 3 is 2.12 bits per heavy atom. The van der Waals surface area contributed by atoms with Crippen molar-refractivity contribution < 1.29 is 24.0 Å². The van der Waals surface area contributed by atoms with E-state index in [1.807, 2.05) is 6.92 Å². The number of anilines is 1. The first-order valence-electron chi connectivity index (χ1n) is 9.66. The molecular formula is C24H17FN2O5. The lowest BCUT2D eigenvalue weighted by Crippen LogP contribution is -2.29. The van der Waals surface area contributed by atoms with Gasteiger partial charge in [-0.25, -0.2) is 4.39 Å². The molecule has 32 heavy (non-hydrogen) atoms. The number of halogens is 1. The van der Waals surface area contributed by atoms with E-state index in [1.165, 1.54) is 36.4 Å². The van der Waals surface area contributed by atoms with Gasteiger partial charge in [0.05, 0.1) is 16.5 Å². The molecule has 1 aliphatic rings. The molecule has 8 heteroatoms. The molecule has 7 nitrogen and oxygen atoms in total. The van der Waals surface area contributed by atoms with Crippen LogP contribution in [0.25, 0.3) is 5.76 Å². The summed E-state index contributed by atoms with van der Waals surface area (Å²) in [6.45, 7) is 1.87. The molecule has 1 atom stereocenters. The van der Waals surface area contributed by atoms with Crippen LogP contribution in [0.1, 0.15) is 22.7 Å². The number of aryl methyl sites for hydroxylation is 1. The predicted molar refractivity (Wildman–Crippen MR) is 115 cm³/mol. The number of nitro benzene ring substituents is 1. The van der Waals surface area contributed by atoms with Crippen LogP contribution in [0, 0.1) is 22.9 Å². The summed E-state index contributed by atoms with van der Waals surface area (Å²) in [5, 5.41) is 22.0. The molecule has 1 fully saturated rings. The Hall–Kier alpha value is -4.33. The molecule has 160 valence electrons. The summed E-state index contributed by atoms with van der Waals surface area (Å²) >= 11 is 0. The van der Waals surface area contributed by atoms with Crippen LogP contribution in [0.15, 0.2) is 78.4 Å². The maximum atomic E-state index is 13.5. The second kappa shape index (κ2) is 8.07. The predicted octanol–water partition coefficient (Wildman–Crippen LogP) is 4.67. The summed E-state index contributed by atoms with van der Waals surface area (Å²) in [4.78, 5) is 37.6. The third kappa shape index (κ3) is 3.62. The van der Waals surface area contributed by atoms with Crippen LogP contribution >= 0.6 is 0 Å². The van der Waals surface area contributed by atoms with E-state index in [0.717, 1.165) is 22.6 Å². The third-order valence-corrected chi connectivity index (χ3v) is 5.29. The van der Waals surface area contributed by atoms with Crippen molar-refractivity contribution in [3.8, 4) is 0 Å². The first kappa shape index (κ1) is 20.9. The minimum atomic E-state index is -1.05. The summed E-state index contributed by atoms with van der Waals surface area (Å²) in [6, 6.07) is 16.1. The van der Waals surface area contributed by atoms with E-state index in [-0.39, 0.29) is 22.7 Å². The largest absolute Gasteiger partial charge is 0.507 e. The zero-order valence-corrected chi connectivity index (χ0v) is 16.9. The maximum Gasteiger partial charge on any atom is 0.300 e. The van der Waals surface area contributed by atoms with Gasteiger partial charge in [0.2, 0.25) is 0 Å². The molecule has 0 saturated carbocycles. The number of hydrogen-bond acceptors (Lipinski definition) is 5. The van der Waals surface area contributed by atoms with Crippen LogP contribution < -0.4 is 4.90 Å². The molecule has 3 aromatic rings. The Bertz CT molecular complexity index is 1250. The average molecular weight is 432 g/mol. The first-order valence-corrected chi connectivity index (χ1v) is 9.66. The highest BCUT2D eigenvalue weighted by molar-refractivity contribution is 6.51. The Balaban J connectivity index is 1.92. The number of Topliss-reactive ketones (excluding diaryl/α,β-unsaturated/α-hetero) is 1. The second-order valence-corrected chi connectivity index (χ2v) is 7.36. The number of rotatable bonds is 4. The lowest BCUT2D eigenvalue weighted by molar-refractivity contribution is -0.384. The number of hydrogen-bond donors (Lipinski definition) is 1. The summed E-state index contributed by atoms with van der Waals surface area (Å²) in [6.07, 6.45) is 0. The van der Waals surface area contributed by atoms with Crippen molar-refractivity contribution in [3.63, 3.8) is 0 Å². The number of carbonyl (C=O) groups excluding carboxylic acids is 2. The average Bonchev–Trinajstić information content (AvgIpc) is 3.05. The number of nitro groups is 1. The van der Waals surface area contributed by atoms with E-state index in [1.54, 1.807) is 24.3 Å². The highest BCUT2D eigenvalue weighted by Gasteiger charge is 2.47. The Kier molecular flexibility index (Phi) is 5.28. The zero-order chi connectivity index (χ0) is 23.0. The number of non-ortho nitro benzene ring substituents is 1. The number of aliphatic hydroxyl groups excluding tert-OH is 1. The van der Waals surface area contributed by atoms with Crippen LogP contribution in [-0.2, 0) is 9.59 Å². The molecule has 0 unspecified atom stereocenters. The van der Waals surface area contributed by atoms with Gasteiger partial charge in [-0.3, -0.25) is 24.6 Å². The fraction of sp³-hybridized carbons (Fsp3) is 0.0833. The molecule has 1 saturated heterocycles. The first-order chi connectivity index (χ1) is 15.3. The number of carbonyl (C=O) groups is 2. The van der Waals surface area contributed by atoms with Gasteiger partial charge >= 0.3 is 0 Å². The van der Waals surface area contributed by atoms with Crippen molar-refractivity contribution in [3.05, 3.63) is 111 Å². The number of nitrogens with zero attached hydrogens (tertiary/aromatic N) is 2. The van der Waals surface area contributed by atoms with Gasteiger partial charge in [0, 0.05) is 23.4 Å². The molecule has 0 aliphatic carbocycles. The van der Waals surface area contributed by atoms with Crippen LogP contribution in [0.5, 0.6) is 0 Å². The van der Waals surface area contributed by atoms with Gasteiger partial charge in [-0.2, -0.15) is 0 Å². The van der Waals surface area contributed by atoms with Crippen molar-refractivity contribution >= 4 is 28.8 Å². The highest BCUT2D eigenvalue weighted by Crippen LogP contribution is 2.42. The van der Waals surface area contributed by atoms with Crippen LogP contribution in [0.3, 0.4) is 0 Å². The number of ketones is 1. The van der Waals surface area contributed by atoms with Gasteiger partial charge < -0.3 is 5.11 Å². The number of benzene rings is 3. The summed E-state index contributed by atoms with van der Waals surface area (Å²) < 4.78 is 13.5. The van der Waals surface area contributed by atoms with Gasteiger partial charge in [0.25, 0.3) is 17.4 Å². The number of aliphatic hydroxyl groups is 1. The summed E-state index contributed by atoms with van der Waals surface area (Å²) in [5.41, 5.74) is 1.61. The summed E-state index contributed by atoms with van der Waals surface area (Å²) in [7, 11) is 0. The zero-order valence-electron chi connectivity index (χ0n) is 16.9. The molecule has 4 rings (SSSR count). The molecule has 0 spiro atoms. The quantitative estimate of drug-likeness (QED) is 0.212. The Morgan fingerprint density at radius 1 is 0.969 bits per heavy atom. The molecular weight excluding hydrogens is 415 g/mol. The van der Waals surface area contributed by atoms with E-state index in [0.29, 0.717) is 11.1 Å². The fourth-order valence-corrected chi connectivity index (χ4v) is 3.66. The smallest absolute Gasteiger partial charge is 0.300 e. The molecule has 1 amide bonds. The molecule has 1 N–H and O–H groups in total. The van der Waals surface area contributed by atoms with Gasteiger partial charge in [-0.05, 0) is 48.9 Å². The second-order valence-electron chi connectivity index (χ2n) is 7.36. The number of amides is 1. The van der Waals surface area contributed by atoms with E-state index in [2.05, 4.69) is 0 Å². The molecule has 0 aromatic heterocycles. The van der Waals surface area contributed by atoms with Gasteiger partial charge in [0.15, 0.2) is 0 Å². The Morgan fingerprint density at radius 2 is 1.56 bits per heavy atom.